The number of amides is 1. The van der Waals surface area contributed by atoms with Gasteiger partial charge in [0.1, 0.15) is 0 Å². The van der Waals surface area contributed by atoms with Crippen LogP contribution in [0, 0.1) is 6.92 Å². The Labute approximate surface area is 207 Å². The molecule has 0 radical (unpaired) electrons. The molecule has 1 N–H and O–H groups in total. The van der Waals surface area contributed by atoms with E-state index < -0.39 is 12.1 Å². The molecule has 1 atom stereocenters. The normalized spacial score (nSPS) is 14.4. The molecule has 0 saturated heterocycles. The van der Waals surface area contributed by atoms with Crippen LogP contribution in [0.25, 0.3) is 10.9 Å². The number of carbonyl (C=O) groups is 2. The van der Waals surface area contributed by atoms with E-state index in [-0.39, 0.29) is 5.91 Å². The van der Waals surface area contributed by atoms with E-state index in [0.29, 0.717) is 18.5 Å². The fourth-order valence-corrected chi connectivity index (χ4v) is 4.90. The highest BCUT2D eigenvalue weighted by Crippen LogP contribution is 2.30. The van der Waals surface area contributed by atoms with E-state index in [4.69, 9.17) is 9.72 Å². The molecule has 2 heterocycles. The fraction of sp³-hybridized carbons (Fsp3) is 0.414. The first kappa shape index (κ1) is 24.9. The summed E-state index contributed by atoms with van der Waals surface area (Å²) in [4.78, 5) is 34.1. The first-order chi connectivity index (χ1) is 17.0. The summed E-state index contributed by atoms with van der Waals surface area (Å²) < 4.78 is 5.91. The Morgan fingerprint density at radius 1 is 1.11 bits per heavy atom. The number of anilines is 1. The van der Waals surface area contributed by atoms with E-state index in [0.717, 1.165) is 71.3 Å². The molecule has 4 rings (SSSR count). The lowest BCUT2D eigenvalue weighted by atomic mass is 9.95. The zero-order chi connectivity index (χ0) is 24.9. The van der Waals surface area contributed by atoms with Crippen LogP contribution in [-0.2, 0) is 28.9 Å². The lowest BCUT2D eigenvalue weighted by Gasteiger charge is -2.30. The van der Waals surface area contributed by atoms with Gasteiger partial charge in [-0.25, -0.2) is 4.79 Å². The zero-order valence-corrected chi connectivity index (χ0v) is 21.2. The summed E-state index contributed by atoms with van der Waals surface area (Å²) in [5, 5.41) is 3.80. The minimum absolute atomic E-state index is 0.301. The average molecular weight is 474 g/mol. The van der Waals surface area contributed by atoms with Gasteiger partial charge in [0.2, 0.25) is 0 Å². The molecule has 6 nitrogen and oxygen atoms in total. The Morgan fingerprint density at radius 2 is 1.91 bits per heavy atom. The molecule has 0 aliphatic carbocycles. The van der Waals surface area contributed by atoms with Crippen LogP contribution in [0.5, 0.6) is 0 Å². The Kier molecular flexibility index (Phi) is 7.81. The van der Waals surface area contributed by atoms with Gasteiger partial charge in [0.25, 0.3) is 5.91 Å². The number of nitrogens with one attached hydrogen (secondary N) is 1. The first-order valence-corrected chi connectivity index (χ1v) is 12.7. The van der Waals surface area contributed by atoms with Crippen molar-refractivity contribution in [3.05, 3.63) is 70.4 Å². The predicted molar refractivity (Wildman–Crippen MR) is 140 cm³/mol. The molecular weight excluding hydrogens is 438 g/mol. The third-order valence-corrected chi connectivity index (χ3v) is 6.77. The Morgan fingerprint density at radius 3 is 2.66 bits per heavy atom. The number of para-hydroxylation sites is 2. The van der Waals surface area contributed by atoms with E-state index in [1.807, 2.05) is 56.3 Å². The maximum Gasteiger partial charge on any atom is 0.340 e. The van der Waals surface area contributed by atoms with Crippen molar-refractivity contribution in [3.8, 4) is 0 Å². The molecule has 0 spiro atoms. The molecule has 0 saturated carbocycles. The smallest absolute Gasteiger partial charge is 0.340 e. The number of carbonyl (C=O) groups excluding carboxylic acids is 2. The minimum Gasteiger partial charge on any atom is -0.449 e. The molecule has 6 heteroatoms. The van der Waals surface area contributed by atoms with Crippen LogP contribution in [0.2, 0.25) is 0 Å². The number of esters is 1. The third kappa shape index (κ3) is 5.22. The average Bonchev–Trinajstić information content (AvgIpc) is 2.87. The van der Waals surface area contributed by atoms with Crippen molar-refractivity contribution >= 4 is 28.5 Å². The molecule has 3 aromatic rings. The number of pyridine rings is 1. The fourth-order valence-electron chi connectivity index (χ4n) is 4.90. The Hall–Kier alpha value is -3.25. The summed E-state index contributed by atoms with van der Waals surface area (Å²) in [6, 6.07) is 13.7. The number of hydrogen-bond donors (Lipinski definition) is 1. The molecule has 1 aliphatic heterocycles. The number of aryl methyl sites for hydroxylation is 2. The van der Waals surface area contributed by atoms with Crippen molar-refractivity contribution in [2.24, 2.45) is 0 Å². The van der Waals surface area contributed by atoms with Gasteiger partial charge < -0.3 is 10.1 Å². The lowest BCUT2D eigenvalue weighted by molar-refractivity contribution is -0.124. The summed E-state index contributed by atoms with van der Waals surface area (Å²) in [7, 11) is 0. The van der Waals surface area contributed by atoms with Gasteiger partial charge in [0, 0.05) is 41.8 Å². The topological polar surface area (TPSA) is 71.5 Å². The molecule has 1 amide bonds. The van der Waals surface area contributed by atoms with Crippen molar-refractivity contribution in [2.45, 2.75) is 66.0 Å². The van der Waals surface area contributed by atoms with Crippen molar-refractivity contribution < 1.29 is 14.3 Å². The molecule has 0 fully saturated rings. The second kappa shape index (κ2) is 11.0. The summed E-state index contributed by atoms with van der Waals surface area (Å²) >= 11 is 0. The Balaban J connectivity index is 1.65. The van der Waals surface area contributed by atoms with Crippen LogP contribution in [0.4, 0.5) is 5.69 Å². The monoisotopic (exact) mass is 473 g/mol. The molecule has 1 aromatic heterocycles. The van der Waals surface area contributed by atoms with Gasteiger partial charge >= 0.3 is 5.97 Å². The van der Waals surface area contributed by atoms with E-state index in [1.165, 1.54) is 0 Å². The standard InChI is InChI=1S/C29H35N3O3/c1-5-16-32-17-15-24-22(18-32)26(21-13-8-9-14-23(21)30-24)29(34)35-25(7-3)28(33)31-27-19(4)11-10-12-20(27)6-2/h8-14,25H,5-7,15-18H2,1-4H3,(H,31,33). The summed E-state index contributed by atoms with van der Waals surface area (Å²) in [6.45, 7) is 10.6. The van der Waals surface area contributed by atoms with Gasteiger partial charge in [-0.3, -0.25) is 14.7 Å². The van der Waals surface area contributed by atoms with Gasteiger partial charge in [0.15, 0.2) is 6.10 Å². The van der Waals surface area contributed by atoms with Crippen LogP contribution in [0.15, 0.2) is 42.5 Å². The molecule has 1 aliphatic rings. The van der Waals surface area contributed by atoms with Crippen molar-refractivity contribution in [1.29, 1.82) is 0 Å². The van der Waals surface area contributed by atoms with E-state index in [2.05, 4.69) is 24.1 Å². The van der Waals surface area contributed by atoms with Gasteiger partial charge in [-0.1, -0.05) is 57.2 Å². The van der Waals surface area contributed by atoms with E-state index in [9.17, 15) is 9.59 Å². The first-order valence-electron chi connectivity index (χ1n) is 12.7. The van der Waals surface area contributed by atoms with Gasteiger partial charge in [0.05, 0.1) is 11.1 Å². The van der Waals surface area contributed by atoms with Crippen molar-refractivity contribution in [2.75, 3.05) is 18.4 Å². The second-order valence-electron chi connectivity index (χ2n) is 9.21. The third-order valence-electron chi connectivity index (χ3n) is 6.77. The summed E-state index contributed by atoms with van der Waals surface area (Å²) in [6.07, 6.45) is 2.15. The number of ether oxygens (including phenoxy) is 1. The molecule has 184 valence electrons. The SMILES string of the molecule is CCCN1CCc2nc3ccccc3c(C(=O)OC(CC)C(=O)Nc3c(C)cccc3CC)c2C1. The largest absolute Gasteiger partial charge is 0.449 e. The molecule has 0 bridgehead atoms. The van der Waals surface area contributed by atoms with Crippen molar-refractivity contribution in [3.63, 3.8) is 0 Å². The van der Waals surface area contributed by atoms with Crippen LogP contribution in [0.3, 0.4) is 0 Å². The van der Waals surface area contributed by atoms with Crippen LogP contribution < -0.4 is 5.32 Å². The predicted octanol–water partition coefficient (Wildman–Crippen LogP) is 5.45. The quantitative estimate of drug-likeness (QED) is 0.441. The molecule has 1 unspecified atom stereocenters. The van der Waals surface area contributed by atoms with Crippen LogP contribution >= 0.6 is 0 Å². The number of nitrogens with zero attached hydrogens (tertiary/aromatic N) is 2. The second-order valence-corrected chi connectivity index (χ2v) is 9.21. The highest BCUT2D eigenvalue weighted by Gasteiger charge is 2.29. The van der Waals surface area contributed by atoms with Crippen LogP contribution in [0.1, 0.15) is 66.4 Å². The van der Waals surface area contributed by atoms with Crippen LogP contribution in [-0.4, -0.2) is 41.0 Å². The number of benzene rings is 2. The number of aromatic nitrogens is 1. The number of hydrogen-bond acceptors (Lipinski definition) is 5. The highest BCUT2D eigenvalue weighted by atomic mass is 16.5. The highest BCUT2D eigenvalue weighted by molar-refractivity contribution is 6.06. The maximum absolute atomic E-state index is 13.7. The zero-order valence-electron chi connectivity index (χ0n) is 21.2. The maximum atomic E-state index is 13.7. The molecule has 35 heavy (non-hydrogen) atoms. The summed E-state index contributed by atoms with van der Waals surface area (Å²) in [5.41, 5.74) is 6.06. The van der Waals surface area contributed by atoms with Gasteiger partial charge in [-0.05, 0) is 49.9 Å². The number of rotatable bonds is 8. The number of fused-ring (bicyclic) bond motifs is 2. The van der Waals surface area contributed by atoms with E-state index in [1.54, 1.807) is 0 Å². The van der Waals surface area contributed by atoms with E-state index >= 15 is 0 Å². The van der Waals surface area contributed by atoms with Gasteiger partial charge in [-0.2, -0.15) is 0 Å². The molecular formula is C29H35N3O3. The Bertz CT molecular complexity index is 1240. The van der Waals surface area contributed by atoms with Crippen molar-refractivity contribution in [1.82, 2.24) is 9.88 Å². The summed E-state index contributed by atoms with van der Waals surface area (Å²) in [5.74, 6) is -0.759. The molecule has 2 aromatic carbocycles. The van der Waals surface area contributed by atoms with Gasteiger partial charge in [-0.15, -0.1) is 0 Å². The minimum atomic E-state index is -0.885. The lowest BCUT2D eigenvalue weighted by Crippen LogP contribution is -2.35.